The lowest BCUT2D eigenvalue weighted by Crippen LogP contribution is -2.49. The second kappa shape index (κ2) is 8.47. The van der Waals surface area contributed by atoms with Crippen molar-refractivity contribution in [2.24, 2.45) is 0 Å². The van der Waals surface area contributed by atoms with Crippen molar-refractivity contribution in [3.8, 4) is 6.07 Å². The highest BCUT2D eigenvalue weighted by Crippen LogP contribution is 2.06. The highest BCUT2D eigenvalue weighted by molar-refractivity contribution is 4.90. The van der Waals surface area contributed by atoms with Gasteiger partial charge in [-0.3, -0.25) is 4.90 Å². The third-order valence-electron chi connectivity index (χ3n) is 3.67. The minimum atomic E-state index is 0.0214. The monoisotopic (exact) mass is 252 g/mol. The van der Waals surface area contributed by atoms with Crippen LogP contribution in [0.4, 0.5) is 0 Å². The van der Waals surface area contributed by atoms with Gasteiger partial charge in [-0.25, -0.2) is 0 Å². The molecule has 104 valence electrons. The van der Waals surface area contributed by atoms with Crippen LogP contribution in [0.15, 0.2) is 0 Å². The summed E-state index contributed by atoms with van der Waals surface area (Å²) in [4.78, 5) is 5.00. The second-order valence-electron chi connectivity index (χ2n) is 5.40. The van der Waals surface area contributed by atoms with Gasteiger partial charge in [-0.2, -0.15) is 5.26 Å². The van der Waals surface area contributed by atoms with E-state index in [1.165, 1.54) is 0 Å². The van der Waals surface area contributed by atoms with Crippen molar-refractivity contribution in [3.63, 3.8) is 0 Å². The smallest absolute Gasteiger partial charge is 0.0965 e. The first-order valence-electron chi connectivity index (χ1n) is 7.26. The molecule has 0 radical (unpaired) electrons. The molecule has 1 aliphatic heterocycles. The molecule has 18 heavy (non-hydrogen) atoms. The summed E-state index contributed by atoms with van der Waals surface area (Å²) in [6.07, 6.45) is 2.03. The minimum Gasteiger partial charge on any atom is -0.302 e. The van der Waals surface area contributed by atoms with Crippen LogP contribution in [0.3, 0.4) is 0 Å². The normalized spacial score (nSPS) is 19.9. The Kier molecular flexibility index (Phi) is 7.26. The van der Waals surface area contributed by atoms with Crippen molar-refractivity contribution in [1.82, 2.24) is 15.1 Å². The molecule has 1 saturated heterocycles. The standard InChI is InChI=1S/C14H28N4/c1-4-6-16-14(12-15)5-7-17-8-10-18(11-9-17)13(2)3/h13-14,16H,4-11H2,1-3H3. The molecule has 0 aromatic rings. The van der Waals surface area contributed by atoms with E-state index in [-0.39, 0.29) is 6.04 Å². The van der Waals surface area contributed by atoms with Gasteiger partial charge >= 0.3 is 0 Å². The van der Waals surface area contributed by atoms with Gasteiger partial charge in [-0.1, -0.05) is 6.92 Å². The average molecular weight is 252 g/mol. The Balaban J connectivity index is 2.18. The van der Waals surface area contributed by atoms with Gasteiger partial charge in [0.2, 0.25) is 0 Å². The topological polar surface area (TPSA) is 42.3 Å². The van der Waals surface area contributed by atoms with Gasteiger partial charge in [0.05, 0.1) is 12.1 Å². The molecule has 0 spiro atoms. The van der Waals surface area contributed by atoms with E-state index in [0.717, 1.165) is 52.1 Å². The fourth-order valence-electron chi connectivity index (χ4n) is 2.35. The Bertz CT molecular complexity index is 251. The molecule has 0 aliphatic carbocycles. The van der Waals surface area contributed by atoms with Gasteiger partial charge in [0.25, 0.3) is 0 Å². The maximum absolute atomic E-state index is 9.06. The predicted octanol–water partition coefficient (Wildman–Crippen LogP) is 1.29. The Labute approximate surface area is 112 Å². The van der Waals surface area contributed by atoms with E-state index in [4.69, 9.17) is 5.26 Å². The van der Waals surface area contributed by atoms with Crippen molar-refractivity contribution in [2.45, 2.75) is 45.7 Å². The molecule has 1 fully saturated rings. The molecular weight excluding hydrogens is 224 g/mol. The fourth-order valence-corrected chi connectivity index (χ4v) is 2.35. The molecule has 4 heteroatoms. The molecule has 1 aliphatic rings. The van der Waals surface area contributed by atoms with Crippen LogP contribution in [0.2, 0.25) is 0 Å². The Morgan fingerprint density at radius 1 is 1.22 bits per heavy atom. The van der Waals surface area contributed by atoms with Crippen molar-refractivity contribution >= 4 is 0 Å². The van der Waals surface area contributed by atoms with Crippen molar-refractivity contribution < 1.29 is 0 Å². The van der Waals surface area contributed by atoms with E-state index in [9.17, 15) is 0 Å². The third kappa shape index (κ3) is 5.34. The lowest BCUT2D eigenvalue weighted by molar-refractivity contribution is 0.106. The van der Waals surface area contributed by atoms with E-state index >= 15 is 0 Å². The zero-order valence-corrected chi connectivity index (χ0v) is 12.2. The zero-order chi connectivity index (χ0) is 13.4. The van der Waals surface area contributed by atoms with Crippen LogP contribution in [0.5, 0.6) is 0 Å². The first-order chi connectivity index (χ1) is 8.67. The van der Waals surface area contributed by atoms with Crippen LogP contribution in [-0.2, 0) is 0 Å². The highest BCUT2D eigenvalue weighted by Gasteiger charge is 2.19. The Morgan fingerprint density at radius 2 is 1.89 bits per heavy atom. The maximum atomic E-state index is 9.06. The number of piperazine rings is 1. The summed E-state index contributed by atoms with van der Waals surface area (Å²) < 4.78 is 0. The van der Waals surface area contributed by atoms with Gasteiger partial charge in [-0.05, 0) is 33.2 Å². The van der Waals surface area contributed by atoms with Crippen LogP contribution < -0.4 is 5.32 Å². The summed E-state index contributed by atoms with van der Waals surface area (Å²) in [7, 11) is 0. The summed E-state index contributed by atoms with van der Waals surface area (Å²) in [5.74, 6) is 0. The first-order valence-corrected chi connectivity index (χ1v) is 7.26. The van der Waals surface area contributed by atoms with Gasteiger partial charge in [0, 0.05) is 38.8 Å². The summed E-state index contributed by atoms with van der Waals surface area (Å²) in [6, 6.07) is 3.03. The lowest BCUT2D eigenvalue weighted by Gasteiger charge is -2.37. The van der Waals surface area contributed by atoms with Gasteiger partial charge in [0.15, 0.2) is 0 Å². The van der Waals surface area contributed by atoms with E-state index in [1.807, 2.05) is 0 Å². The number of nitrogens with zero attached hydrogens (tertiary/aromatic N) is 3. The summed E-state index contributed by atoms with van der Waals surface area (Å²) in [5.41, 5.74) is 0. The van der Waals surface area contributed by atoms with Gasteiger partial charge < -0.3 is 10.2 Å². The van der Waals surface area contributed by atoms with Crippen molar-refractivity contribution in [2.75, 3.05) is 39.3 Å². The van der Waals surface area contributed by atoms with Crippen LogP contribution in [0, 0.1) is 11.3 Å². The zero-order valence-electron chi connectivity index (χ0n) is 12.2. The molecular formula is C14H28N4. The molecule has 0 amide bonds. The van der Waals surface area contributed by atoms with Crippen LogP contribution in [-0.4, -0.2) is 61.2 Å². The minimum absolute atomic E-state index is 0.0214. The fraction of sp³-hybridized carbons (Fsp3) is 0.929. The van der Waals surface area contributed by atoms with Crippen LogP contribution in [0.1, 0.15) is 33.6 Å². The lowest BCUT2D eigenvalue weighted by atomic mass is 10.2. The molecule has 1 rings (SSSR count). The molecule has 4 nitrogen and oxygen atoms in total. The quantitative estimate of drug-likeness (QED) is 0.741. The number of nitrogens with one attached hydrogen (secondary N) is 1. The molecule has 0 saturated carbocycles. The molecule has 1 atom stereocenters. The van der Waals surface area contributed by atoms with E-state index < -0.39 is 0 Å². The van der Waals surface area contributed by atoms with Gasteiger partial charge in [-0.15, -0.1) is 0 Å². The molecule has 0 aromatic carbocycles. The molecule has 0 aromatic heterocycles. The van der Waals surface area contributed by atoms with Crippen molar-refractivity contribution in [1.29, 1.82) is 5.26 Å². The molecule has 1 N–H and O–H groups in total. The number of nitriles is 1. The SMILES string of the molecule is CCCNC(C#N)CCN1CCN(C(C)C)CC1. The highest BCUT2D eigenvalue weighted by atomic mass is 15.3. The van der Waals surface area contributed by atoms with Crippen LogP contribution in [0.25, 0.3) is 0 Å². The second-order valence-corrected chi connectivity index (χ2v) is 5.40. The van der Waals surface area contributed by atoms with E-state index in [1.54, 1.807) is 0 Å². The predicted molar refractivity (Wildman–Crippen MR) is 75.5 cm³/mol. The third-order valence-corrected chi connectivity index (χ3v) is 3.67. The Morgan fingerprint density at radius 3 is 2.39 bits per heavy atom. The number of rotatable bonds is 7. The number of hydrogen-bond acceptors (Lipinski definition) is 4. The first kappa shape index (κ1) is 15.4. The van der Waals surface area contributed by atoms with Crippen molar-refractivity contribution in [3.05, 3.63) is 0 Å². The average Bonchev–Trinajstić information content (AvgIpc) is 2.39. The maximum Gasteiger partial charge on any atom is 0.0965 e. The van der Waals surface area contributed by atoms with Crippen LogP contribution >= 0.6 is 0 Å². The van der Waals surface area contributed by atoms with E-state index in [0.29, 0.717) is 6.04 Å². The van der Waals surface area contributed by atoms with E-state index in [2.05, 4.69) is 42.0 Å². The molecule has 1 unspecified atom stereocenters. The summed E-state index contributed by atoms with van der Waals surface area (Å²) in [6.45, 7) is 13.3. The number of hydrogen-bond donors (Lipinski definition) is 1. The Hall–Kier alpha value is -0.630. The van der Waals surface area contributed by atoms with Gasteiger partial charge in [0.1, 0.15) is 0 Å². The summed E-state index contributed by atoms with van der Waals surface area (Å²) in [5, 5.41) is 12.3. The largest absolute Gasteiger partial charge is 0.302 e. The summed E-state index contributed by atoms with van der Waals surface area (Å²) >= 11 is 0. The molecule has 0 bridgehead atoms. The molecule has 1 heterocycles.